The summed E-state index contributed by atoms with van der Waals surface area (Å²) < 4.78 is 1.06. The lowest BCUT2D eigenvalue weighted by Gasteiger charge is -2.04. The molecule has 0 aliphatic rings. The first-order chi connectivity index (χ1) is 8.52. The number of halogens is 1. The summed E-state index contributed by atoms with van der Waals surface area (Å²) in [4.78, 5) is 13.1. The topological polar surface area (TPSA) is 17.1 Å². The van der Waals surface area contributed by atoms with E-state index in [4.69, 9.17) is 0 Å². The number of benzene rings is 1. The maximum atomic E-state index is 12.0. The molecule has 1 nitrogen and oxygen atoms in total. The Labute approximate surface area is 120 Å². The molecule has 0 N–H and O–H groups in total. The Morgan fingerprint density at radius 3 is 2.33 bits per heavy atom. The summed E-state index contributed by atoms with van der Waals surface area (Å²) in [5, 5.41) is 2.01. The Morgan fingerprint density at radius 1 is 1.11 bits per heavy atom. The highest BCUT2D eigenvalue weighted by Gasteiger charge is 2.08. The fourth-order valence-corrected chi connectivity index (χ4v) is 3.58. The van der Waals surface area contributed by atoms with Crippen molar-refractivity contribution in [2.45, 2.75) is 26.7 Å². The van der Waals surface area contributed by atoms with Crippen molar-refractivity contribution in [3.63, 3.8) is 0 Å². The van der Waals surface area contributed by atoms with Crippen LogP contribution in [-0.2, 0) is 17.6 Å². The van der Waals surface area contributed by atoms with Crippen LogP contribution >= 0.6 is 27.3 Å². The van der Waals surface area contributed by atoms with Crippen LogP contribution in [0.5, 0.6) is 0 Å². The van der Waals surface area contributed by atoms with Gasteiger partial charge >= 0.3 is 0 Å². The number of carbonyl (C=O) groups is 1. The molecule has 0 fully saturated rings. The van der Waals surface area contributed by atoms with Gasteiger partial charge in [0.1, 0.15) is 5.78 Å². The third-order valence-corrected chi connectivity index (χ3v) is 4.37. The molecule has 0 atom stereocenters. The number of ketones is 1. The zero-order valence-electron chi connectivity index (χ0n) is 10.5. The SMILES string of the molecule is Cc1cc(C)cc(CC(=O)Cc2cc(Br)cs2)c1. The van der Waals surface area contributed by atoms with Crippen molar-refractivity contribution >= 4 is 33.0 Å². The molecule has 0 saturated heterocycles. The lowest BCUT2D eigenvalue weighted by atomic mass is 10.0. The van der Waals surface area contributed by atoms with Crippen LogP contribution in [0.25, 0.3) is 0 Å². The molecule has 0 radical (unpaired) electrons. The number of carbonyl (C=O) groups excluding carboxylic acids is 1. The molecule has 2 aromatic rings. The number of aryl methyl sites for hydroxylation is 2. The van der Waals surface area contributed by atoms with Crippen molar-refractivity contribution in [2.24, 2.45) is 0 Å². The molecule has 3 heteroatoms. The van der Waals surface area contributed by atoms with Crippen LogP contribution in [0, 0.1) is 13.8 Å². The monoisotopic (exact) mass is 322 g/mol. The molecule has 18 heavy (non-hydrogen) atoms. The second kappa shape index (κ2) is 5.81. The van der Waals surface area contributed by atoms with Crippen molar-refractivity contribution in [3.8, 4) is 0 Å². The average molecular weight is 323 g/mol. The van der Waals surface area contributed by atoms with Gasteiger partial charge in [-0.2, -0.15) is 0 Å². The molecular weight excluding hydrogens is 308 g/mol. The van der Waals surface area contributed by atoms with E-state index in [0.717, 1.165) is 14.9 Å². The number of thiophene rings is 1. The van der Waals surface area contributed by atoms with E-state index in [1.807, 2.05) is 11.4 Å². The van der Waals surface area contributed by atoms with Crippen molar-refractivity contribution in [1.29, 1.82) is 0 Å². The summed E-state index contributed by atoms with van der Waals surface area (Å²) in [5.41, 5.74) is 3.56. The van der Waals surface area contributed by atoms with E-state index in [1.54, 1.807) is 11.3 Å². The standard InChI is InChI=1S/C15H15BrOS/c1-10-3-11(2)5-12(4-10)6-14(17)8-15-7-13(16)9-18-15/h3-5,7,9H,6,8H2,1-2H3. The van der Waals surface area contributed by atoms with Gasteiger partial charge in [0.25, 0.3) is 0 Å². The summed E-state index contributed by atoms with van der Waals surface area (Å²) in [7, 11) is 0. The molecule has 0 aliphatic carbocycles. The van der Waals surface area contributed by atoms with Gasteiger partial charge in [-0.1, -0.05) is 29.3 Å². The number of hydrogen-bond donors (Lipinski definition) is 0. The maximum Gasteiger partial charge on any atom is 0.142 e. The van der Waals surface area contributed by atoms with E-state index < -0.39 is 0 Å². The predicted octanol–water partition coefficient (Wildman–Crippen LogP) is 4.48. The van der Waals surface area contributed by atoms with Crippen LogP contribution in [-0.4, -0.2) is 5.78 Å². The highest BCUT2D eigenvalue weighted by atomic mass is 79.9. The quantitative estimate of drug-likeness (QED) is 0.811. The first-order valence-electron chi connectivity index (χ1n) is 5.85. The normalized spacial score (nSPS) is 10.6. The minimum Gasteiger partial charge on any atom is -0.299 e. The highest BCUT2D eigenvalue weighted by molar-refractivity contribution is 9.10. The fourth-order valence-electron chi connectivity index (χ4n) is 2.10. The fraction of sp³-hybridized carbons (Fsp3) is 0.267. The second-order valence-corrected chi connectivity index (χ2v) is 6.53. The van der Waals surface area contributed by atoms with E-state index in [9.17, 15) is 4.79 Å². The van der Waals surface area contributed by atoms with E-state index in [2.05, 4.69) is 48.0 Å². The van der Waals surface area contributed by atoms with E-state index >= 15 is 0 Å². The molecule has 2 rings (SSSR count). The summed E-state index contributed by atoms with van der Waals surface area (Å²) in [6.07, 6.45) is 1.06. The molecular formula is C15H15BrOS. The lowest BCUT2D eigenvalue weighted by Crippen LogP contribution is -2.05. The zero-order valence-corrected chi connectivity index (χ0v) is 12.9. The largest absolute Gasteiger partial charge is 0.299 e. The van der Waals surface area contributed by atoms with Crippen molar-refractivity contribution < 1.29 is 4.79 Å². The van der Waals surface area contributed by atoms with Gasteiger partial charge in [0.15, 0.2) is 0 Å². The van der Waals surface area contributed by atoms with Crippen molar-refractivity contribution in [2.75, 3.05) is 0 Å². The Hall–Kier alpha value is -0.930. The zero-order chi connectivity index (χ0) is 13.1. The lowest BCUT2D eigenvalue weighted by molar-refractivity contribution is -0.117. The van der Waals surface area contributed by atoms with Crippen molar-refractivity contribution in [1.82, 2.24) is 0 Å². The van der Waals surface area contributed by atoms with Gasteiger partial charge in [-0.3, -0.25) is 4.79 Å². The number of Topliss-reactive ketones (excluding diaryl/α,β-unsaturated/α-hetero) is 1. The Balaban J connectivity index is 2.02. The highest BCUT2D eigenvalue weighted by Crippen LogP contribution is 2.21. The van der Waals surface area contributed by atoms with E-state index in [0.29, 0.717) is 12.8 Å². The summed E-state index contributed by atoms with van der Waals surface area (Å²) in [6.45, 7) is 4.13. The molecule has 1 aromatic heterocycles. The maximum absolute atomic E-state index is 12.0. The van der Waals surface area contributed by atoms with Gasteiger partial charge in [-0.15, -0.1) is 11.3 Å². The predicted molar refractivity (Wildman–Crippen MR) is 80.4 cm³/mol. The summed E-state index contributed by atoms with van der Waals surface area (Å²) >= 11 is 5.03. The van der Waals surface area contributed by atoms with Crippen LogP contribution < -0.4 is 0 Å². The molecule has 1 heterocycles. The second-order valence-electron chi connectivity index (χ2n) is 4.62. The molecule has 0 unspecified atom stereocenters. The van der Waals surface area contributed by atoms with Gasteiger partial charge in [0.05, 0.1) is 0 Å². The first-order valence-corrected chi connectivity index (χ1v) is 7.52. The third-order valence-electron chi connectivity index (χ3n) is 2.68. The molecule has 0 saturated carbocycles. The molecule has 0 bridgehead atoms. The van der Waals surface area contributed by atoms with Crippen LogP contribution in [0.2, 0.25) is 0 Å². The van der Waals surface area contributed by atoms with Crippen LogP contribution in [0.4, 0.5) is 0 Å². The van der Waals surface area contributed by atoms with Gasteiger partial charge in [0, 0.05) is 27.6 Å². The molecule has 0 aliphatic heterocycles. The van der Waals surface area contributed by atoms with Gasteiger partial charge in [0.2, 0.25) is 0 Å². The van der Waals surface area contributed by atoms with Crippen LogP contribution in [0.1, 0.15) is 21.6 Å². The minimum atomic E-state index is 0.273. The van der Waals surface area contributed by atoms with Crippen molar-refractivity contribution in [3.05, 3.63) is 55.7 Å². The van der Waals surface area contributed by atoms with Gasteiger partial charge in [-0.25, -0.2) is 0 Å². The first kappa shape index (κ1) is 13.5. The Morgan fingerprint density at radius 2 is 1.78 bits per heavy atom. The number of rotatable bonds is 4. The average Bonchev–Trinajstić information content (AvgIpc) is 2.61. The van der Waals surface area contributed by atoms with Gasteiger partial charge < -0.3 is 0 Å². The number of hydrogen-bond acceptors (Lipinski definition) is 2. The van der Waals surface area contributed by atoms with E-state index in [-0.39, 0.29) is 5.78 Å². The Bertz CT molecular complexity index is 551. The molecule has 0 amide bonds. The van der Waals surface area contributed by atoms with Crippen LogP contribution in [0.3, 0.4) is 0 Å². The van der Waals surface area contributed by atoms with Crippen LogP contribution in [0.15, 0.2) is 34.1 Å². The summed E-state index contributed by atoms with van der Waals surface area (Å²) in [5.74, 6) is 0.273. The molecule has 94 valence electrons. The van der Waals surface area contributed by atoms with Gasteiger partial charge in [-0.05, 0) is 41.4 Å². The molecule has 1 aromatic carbocycles. The molecule has 0 spiro atoms. The summed E-state index contributed by atoms with van der Waals surface area (Å²) in [6, 6.07) is 8.33. The Kier molecular flexibility index (Phi) is 4.36. The minimum absolute atomic E-state index is 0.273. The van der Waals surface area contributed by atoms with E-state index in [1.165, 1.54) is 11.1 Å². The third kappa shape index (κ3) is 3.79. The smallest absolute Gasteiger partial charge is 0.142 e.